The second-order valence-corrected chi connectivity index (χ2v) is 9.33. The number of nitrogens with zero attached hydrogens (tertiary/aromatic N) is 4. The van der Waals surface area contributed by atoms with Gasteiger partial charge in [-0.25, -0.2) is 17.7 Å². The van der Waals surface area contributed by atoms with Crippen LogP contribution in [0.4, 0.5) is 0 Å². The molecule has 0 unspecified atom stereocenters. The Morgan fingerprint density at radius 2 is 2.04 bits per heavy atom. The smallest absolute Gasteiger partial charge is 0.258 e. The molecule has 1 aliphatic heterocycles. The summed E-state index contributed by atoms with van der Waals surface area (Å²) in [5, 5.41) is 10.2. The van der Waals surface area contributed by atoms with Crippen molar-refractivity contribution >= 4 is 15.7 Å². The van der Waals surface area contributed by atoms with Crippen LogP contribution in [0, 0.1) is 12.8 Å². The minimum absolute atomic E-state index is 0.0925. The van der Waals surface area contributed by atoms with Crippen LogP contribution in [0.15, 0.2) is 29.2 Å². The fourth-order valence-electron chi connectivity index (χ4n) is 3.22. The predicted molar refractivity (Wildman–Crippen MR) is 98.4 cm³/mol. The molecular formula is C17H24N4O4S. The zero-order valence-electron chi connectivity index (χ0n) is 15.2. The molecule has 3 rings (SSSR count). The quantitative estimate of drug-likeness (QED) is 0.764. The monoisotopic (exact) mass is 380 g/mol. The van der Waals surface area contributed by atoms with Crippen LogP contribution in [0.5, 0.6) is 0 Å². The first-order valence-corrected chi connectivity index (χ1v) is 10.1. The lowest BCUT2D eigenvalue weighted by Gasteiger charge is -2.18. The van der Waals surface area contributed by atoms with Crippen molar-refractivity contribution in [3.05, 3.63) is 46.0 Å². The number of aliphatic hydroxyl groups is 1. The Morgan fingerprint density at radius 3 is 2.73 bits per heavy atom. The van der Waals surface area contributed by atoms with Gasteiger partial charge in [0.15, 0.2) is 0 Å². The Kier molecular flexibility index (Phi) is 5.16. The van der Waals surface area contributed by atoms with Gasteiger partial charge in [0.2, 0.25) is 10.0 Å². The number of aromatic nitrogens is 2. The molecule has 0 bridgehead atoms. The van der Waals surface area contributed by atoms with E-state index in [4.69, 9.17) is 0 Å². The number of aryl methyl sites for hydroxylation is 1. The number of rotatable bonds is 5. The molecule has 1 fully saturated rings. The number of hydrogen-bond acceptors (Lipinski definition) is 6. The van der Waals surface area contributed by atoms with Crippen molar-refractivity contribution < 1.29 is 13.5 Å². The SMILES string of the molecule is Cc1ccc2nc(CN3C[C@@H](CS(=O)(=O)N(C)C)[C@@H](O)C3)cc(=O)n2c1. The highest BCUT2D eigenvalue weighted by atomic mass is 32.2. The lowest BCUT2D eigenvalue weighted by molar-refractivity contribution is 0.148. The number of fused-ring (bicyclic) bond motifs is 1. The summed E-state index contributed by atoms with van der Waals surface area (Å²) in [6.07, 6.45) is 1.03. The molecule has 9 heteroatoms. The van der Waals surface area contributed by atoms with Gasteiger partial charge in [-0.3, -0.25) is 14.1 Å². The molecule has 2 atom stereocenters. The van der Waals surface area contributed by atoms with Gasteiger partial charge in [-0.15, -0.1) is 0 Å². The molecule has 1 saturated heterocycles. The highest BCUT2D eigenvalue weighted by Crippen LogP contribution is 2.21. The van der Waals surface area contributed by atoms with Crippen molar-refractivity contribution in [1.29, 1.82) is 0 Å². The maximum Gasteiger partial charge on any atom is 0.258 e. The fourth-order valence-corrected chi connectivity index (χ4v) is 4.39. The Balaban J connectivity index is 1.75. The first kappa shape index (κ1) is 19.0. The summed E-state index contributed by atoms with van der Waals surface area (Å²) in [5.41, 5.74) is 2.01. The molecule has 0 aliphatic carbocycles. The highest BCUT2D eigenvalue weighted by Gasteiger charge is 2.35. The standard InChI is InChI=1S/C17H24N4O4S/c1-12-4-5-16-18-14(6-17(23)21(16)7-12)9-20-8-13(15(22)10-20)11-26(24,25)19(2)3/h4-7,13,15,22H,8-11H2,1-3H3/t13-,15-/m0/s1. The number of likely N-dealkylation sites (tertiary alicyclic amines) is 1. The van der Waals surface area contributed by atoms with Gasteiger partial charge in [0, 0.05) is 51.9 Å². The molecule has 0 saturated carbocycles. The van der Waals surface area contributed by atoms with Crippen molar-refractivity contribution in [1.82, 2.24) is 18.6 Å². The summed E-state index contributed by atoms with van der Waals surface area (Å²) in [5.74, 6) is -0.448. The van der Waals surface area contributed by atoms with Crippen molar-refractivity contribution in [2.75, 3.05) is 32.9 Å². The first-order valence-electron chi connectivity index (χ1n) is 8.45. The first-order chi connectivity index (χ1) is 12.2. The topological polar surface area (TPSA) is 95.2 Å². The average molecular weight is 380 g/mol. The Hall–Kier alpha value is -1.81. The maximum absolute atomic E-state index is 12.3. The second-order valence-electron chi connectivity index (χ2n) is 7.10. The van der Waals surface area contributed by atoms with E-state index in [1.165, 1.54) is 28.9 Å². The maximum atomic E-state index is 12.3. The van der Waals surface area contributed by atoms with E-state index in [2.05, 4.69) is 4.98 Å². The Morgan fingerprint density at radius 1 is 1.31 bits per heavy atom. The van der Waals surface area contributed by atoms with Gasteiger partial charge in [-0.1, -0.05) is 6.07 Å². The van der Waals surface area contributed by atoms with Gasteiger partial charge in [0.1, 0.15) is 5.65 Å². The van der Waals surface area contributed by atoms with E-state index in [-0.39, 0.29) is 17.2 Å². The van der Waals surface area contributed by atoms with E-state index in [1.807, 2.05) is 17.9 Å². The summed E-state index contributed by atoms with van der Waals surface area (Å²) in [7, 11) is -0.395. The van der Waals surface area contributed by atoms with E-state index in [0.29, 0.717) is 31.0 Å². The van der Waals surface area contributed by atoms with Gasteiger partial charge in [-0.05, 0) is 18.6 Å². The van der Waals surface area contributed by atoms with Crippen LogP contribution in [0.2, 0.25) is 0 Å². The van der Waals surface area contributed by atoms with Gasteiger partial charge in [0.25, 0.3) is 5.56 Å². The van der Waals surface area contributed by atoms with E-state index in [1.54, 1.807) is 12.3 Å². The molecular weight excluding hydrogens is 356 g/mol. The highest BCUT2D eigenvalue weighted by molar-refractivity contribution is 7.89. The van der Waals surface area contributed by atoms with Crippen LogP contribution in [-0.2, 0) is 16.6 Å². The number of sulfonamides is 1. The van der Waals surface area contributed by atoms with Crippen LogP contribution < -0.4 is 5.56 Å². The lowest BCUT2D eigenvalue weighted by Crippen LogP contribution is -2.33. The predicted octanol–water partition coefficient (Wildman–Crippen LogP) is -0.313. The molecule has 0 amide bonds. The molecule has 2 aromatic rings. The minimum atomic E-state index is -3.37. The van der Waals surface area contributed by atoms with E-state index >= 15 is 0 Å². The minimum Gasteiger partial charge on any atom is -0.391 e. The largest absolute Gasteiger partial charge is 0.391 e. The normalized spacial score (nSPS) is 21.7. The lowest BCUT2D eigenvalue weighted by atomic mass is 10.1. The van der Waals surface area contributed by atoms with Crippen LogP contribution in [0.1, 0.15) is 11.3 Å². The van der Waals surface area contributed by atoms with Crippen molar-refractivity contribution in [2.24, 2.45) is 5.92 Å². The number of aliphatic hydroxyl groups excluding tert-OH is 1. The Labute approximate surface area is 152 Å². The molecule has 0 aromatic carbocycles. The summed E-state index contributed by atoms with van der Waals surface area (Å²) in [6.45, 7) is 3.12. The van der Waals surface area contributed by atoms with Gasteiger partial charge < -0.3 is 5.11 Å². The zero-order chi connectivity index (χ0) is 19.1. The number of hydrogen-bond donors (Lipinski definition) is 1. The van der Waals surface area contributed by atoms with Crippen LogP contribution in [-0.4, -0.2) is 71.2 Å². The van der Waals surface area contributed by atoms with E-state index in [9.17, 15) is 18.3 Å². The average Bonchev–Trinajstić information content (AvgIpc) is 2.87. The van der Waals surface area contributed by atoms with Crippen LogP contribution in [0.3, 0.4) is 0 Å². The van der Waals surface area contributed by atoms with E-state index in [0.717, 1.165) is 5.56 Å². The Bertz CT molecular complexity index is 970. The third kappa shape index (κ3) is 3.96. The molecule has 8 nitrogen and oxygen atoms in total. The van der Waals surface area contributed by atoms with Gasteiger partial charge in [0.05, 0.1) is 17.6 Å². The molecule has 142 valence electrons. The zero-order valence-corrected chi connectivity index (χ0v) is 16.0. The van der Waals surface area contributed by atoms with Crippen LogP contribution in [0.25, 0.3) is 5.65 Å². The van der Waals surface area contributed by atoms with Crippen LogP contribution >= 0.6 is 0 Å². The van der Waals surface area contributed by atoms with Crippen molar-refractivity contribution in [3.63, 3.8) is 0 Å². The molecule has 0 radical (unpaired) electrons. The van der Waals surface area contributed by atoms with Crippen molar-refractivity contribution in [2.45, 2.75) is 19.6 Å². The number of β-amino-alcohol motifs (C(OH)–C–C–N with tert-alkyl or cyclic N) is 1. The second kappa shape index (κ2) is 7.07. The molecule has 2 aromatic heterocycles. The molecule has 1 aliphatic rings. The van der Waals surface area contributed by atoms with Gasteiger partial charge in [-0.2, -0.15) is 0 Å². The summed E-state index contributed by atoms with van der Waals surface area (Å²) >= 11 is 0. The summed E-state index contributed by atoms with van der Waals surface area (Å²) in [6, 6.07) is 5.18. The summed E-state index contributed by atoms with van der Waals surface area (Å²) < 4.78 is 26.8. The van der Waals surface area contributed by atoms with Crippen molar-refractivity contribution in [3.8, 4) is 0 Å². The van der Waals surface area contributed by atoms with E-state index < -0.39 is 16.1 Å². The number of pyridine rings is 1. The molecule has 26 heavy (non-hydrogen) atoms. The third-order valence-electron chi connectivity index (χ3n) is 4.71. The molecule has 1 N–H and O–H groups in total. The summed E-state index contributed by atoms with van der Waals surface area (Å²) in [4.78, 5) is 18.7. The molecule has 3 heterocycles. The fraction of sp³-hybridized carbons (Fsp3) is 0.529. The van der Waals surface area contributed by atoms with Gasteiger partial charge >= 0.3 is 0 Å². The molecule has 0 spiro atoms. The third-order valence-corrected chi connectivity index (χ3v) is 6.67.